The molecular formula is C15H15BrO2. The maximum atomic E-state index is 10.6. The Hall–Kier alpha value is -1.32. The summed E-state index contributed by atoms with van der Waals surface area (Å²) in [6, 6.07) is 14.6. The minimum Gasteiger partial charge on any atom is -0.508 e. The van der Waals surface area contributed by atoms with Crippen molar-refractivity contribution in [2.24, 2.45) is 0 Å². The number of hydrogen-bond donors (Lipinski definition) is 2. The van der Waals surface area contributed by atoms with Gasteiger partial charge >= 0.3 is 0 Å². The van der Waals surface area contributed by atoms with Crippen LogP contribution in [0.5, 0.6) is 5.75 Å². The van der Waals surface area contributed by atoms with Crippen LogP contribution in [0.25, 0.3) is 0 Å². The quantitative estimate of drug-likeness (QED) is 0.909. The van der Waals surface area contributed by atoms with E-state index in [1.165, 1.54) is 0 Å². The van der Waals surface area contributed by atoms with E-state index < -0.39 is 5.60 Å². The second kappa shape index (κ2) is 5.12. The summed E-state index contributed by atoms with van der Waals surface area (Å²) in [5.41, 5.74) is 0.892. The predicted molar refractivity (Wildman–Crippen MR) is 75.5 cm³/mol. The van der Waals surface area contributed by atoms with Crippen LogP contribution >= 0.6 is 15.9 Å². The maximum absolute atomic E-state index is 10.6. The molecule has 2 rings (SSSR count). The maximum Gasteiger partial charge on any atom is 0.115 e. The van der Waals surface area contributed by atoms with Gasteiger partial charge in [-0.05, 0) is 36.2 Å². The second-order valence-corrected chi connectivity index (χ2v) is 5.45. The van der Waals surface area contributed by atoms with Crippen molar-refractivity contribution in [1.82, 2.24) is 0 Å². The number of hydrogen-bond acceptors (Lipinski definition) is 2. The molecule has 0 saturated carbocycles. The number of phenols is 1. The Labute approximate surface area is 115 Å². The van der Waals surface area contributed by atoms with Gasteiger partial charge in [-0.25, -0.2) is 0 Å². The van der Waals surface area contributed by atoms with Crippen LogP contribution in [0.4, 0.5) is 0 Å². The number of phenolic OH excluding ortho intramolecular Hbond substituents is 1. The van der Waals surface area contributed by atoms with Gasteiger partial charge in [-0.3, -0.25) is 0 Å². The number of aromatic hydroxyl groups is 1. The molecule has 1 unspecified atom stereocenters. The monoisotopic (exact) mass is 306 g/mol. The standard InChI is InChI=1S/C15H15BrO2/c1-15(18,13-4-2-3-5-14(13)16)10-11-6-8-12(17)9-7-11/h2-9,17-18H,10H2,1H3. The summed E-state index contributed by atoms with van der Waals surface area (Å²) >= 11 is 3.46. The summed E-state index contributed by atoms with van der Waals surface area (Å²) in [6.45, 7) is 1.79. The van der Waals surface area contributed by atoms with Gasteiger partial charge in [-0.1, -0.05) is 46.3 Å². The van der Waals surface area contributed by atoms with Gasteiger partial charge in [0.1, 0.15) is 5.75 Å². The zero-order valence-corrected chi connectivity index (χ0v) is 11.7. The molecule has 2 nitrogen and oxygen atoms in total. The zero-order valence-electron chi connectivity index (χ0n) is 10.1. The van der Waals surface area contributed by atoms with E-state index in [1.807, 2.05) is 36.4 Å². The van der Waals surface area contributed by atoms with Crippen LogP contribution in [0, 0.1) is 0 Å². The second-order valence-electron chi connectivity index (χ2n) is 4.60. The topological polar surface area (TPSA) is 40.5 Å². The first kappa shape index (κ1) is 13.1. The minimum absolute atomic E-state index is 0.235. The zero-order chi connectivity index (χ0) is 13.2. The van der Waals surface area contributed by atoms with Gasteiger partial charge in [-0.2, -0.15) is 0 Å². The first-order valence-electron chi connectivity index (χ1n) is 5.74. The molecule has 0 heterocycles. The molecule has 0 fully saturated rings. The lowest BCUT2D eigenvalue weighted by atomic mass is 9.89. The van der Waals surface area contributed by atoms with Crippen LogP contribution in [0.1, 0.15) is 18.1 Å². The van der Waals surface area contributed by atoms with Crippen LogP contribution in [-0.4, -0.2) is 10.2 Å². The predicted octanol–water partition coefficient (Wildman–Crippen LogP) is 3.60. The third-order valence-corrected chi connectivity index (χ3v) is 3.63. The molecule has 2 aromatic rings. The largest absolute Gasteiger partial charge is 0.508 e. The van der Waals surface area contributed by atoms with Gasteiger partial charge in [0.2, 0.25) is 0 Å². The van der Waals surface area contributed by atoms with Crippen LogP contribution in [0.3, 0.4) is 0 Å². The van der Waals surface area contributed by atoms with Crippen LogP contribution in [-0.2, 0) is 12.0 Å². The SMILES string of the molecule is CC(O)(Cc1ccc(O)cc1)c1ccccc1Br. The normalized spacial score (nSPS) is 14.2. The van der Waals surface area contributed by atoms with E-state index in [9.17, 15) is 10.2 Å². The summed E-state index contributed by atoms with van der Waals surface area (Å²) in [4.78, 5) is 0. The fourth-order valence-corrected chi connectivity index (χ4v) is 2.72. The fourth-order valence-electron chi connectivity index (χ4n) is 2.00. The molecule has 94 valence electrons. The van der Waals surface area contributed by atoms with Gasteiger partial charge in [0, 0.05) is 10.9 Å². The van der Waals surface area contributed by atoms with Crippen molar-refractivity contribution < 1.29 is 10.2 Å². The Morgan fingerprint density at radius 1 is 1.06 bits per heavy atom. The third kappa shape index (κ3) is 2.92. The Kier molecular flexibility index (Phi) is 3.73. The first-order valence-corrected chi connectivity index (χ1v) is 6.54. The van der Waals surface area contributed by atoms with Gasteiger partial charge in [0.05, 0.1) is 5.60 Å². The Morgan fingerprint density at radius 2 is 1.67 bits per heavy atom. The Morgan fingerprint density at radius 3 is 2.28 bits per heavy atom. The molecule has 0 bridgehead atoms. The van der Waals surface area contributed by atoms with E-state index in [4.69, 9.17) is 0 Å². The molecule has 2 N–H and O–H groups in total. The van der Waals surface area contributed by atoms with Gasteiger partial charge in [0.25, 0.3) is 0 Å². The first-order chi connectivity index (χ1) is 8.49. The average Bonchev–Trinajstić information content (AvgIpc) is 2.32. The van der Waals surface area contributed by atoms with E-state index in [1.54, 1.807) is 19.1 Å². The molecule has 0 radical (unpaired) electrons. The highest BCUT2D eigenvalue weighted by Crippen LogP contribution is 2.31. The van der Waals surface area contributed by atoms with Gasteiger partial charge in [-0.15, -0.1) is 0 Å². The highest BCUT2D eigenvalue weighted by Gasteiger charge is 2.25. The molecule has 0 spiro atoms. The number of aliphatic hydroxyl groups is 1. The molecule has 0 aliphatic rings. The highest BCUT2D eigenvalue weighted by molar-refractivity contribution is 9.10. The van der Waals surface area contributed by atoms with Crippen LogP contribution < -0.4 is 0 Å². The number of halogens is 1. The molecule has 0 amide bonds. The van der Waals surface area contributed by atoms with Crippen molar-refractivity contribution in [2.45, 2.75) is 18.9 Å². The Balaban J connectivity index is 2.27. The fraction of sp³-hybridized carbons (Fsp3) is 0.200. The molecule has 0 aromatic heterocycles. The lowest BCUT2D eigenvalue weighted by Gasteiger charge is -2.25. The van der Waals surface area contributed by atoms with E-state index in [0.29, 0.717) is 6.42 Å². The lowest BCUT2D eigenvalue weighted by Crippen LogP contribution is -2.24. The van der Waals surface area contributed by atoms with E-state index >= 15 is 0 Å². The van der Waals surface area contributed by atoms with Crippen molar-refractivity contribution in [3.05, 3.63) is 64.1 Å². The van der Waals surface area contributed by atoms with Crippen LogP contribution in [0.2, 0.25) is 0 Å². The van der Waals surface area contributed by atoms with Crippen LogP contribution in [0.15, 0.2) is 53.0 Å². The van der Waals surface area contributed by atoms with Crippen molar-refractivity contribution in [2.75, 3.05) is 0 Å². The van der Waals surface area contributed by atoms with Gasteiger partial charge in [0.15, 0.2) is 0 Å². The van der Waals surface area contributed by atoms with E-state index in [-0.39, 0.29) is 5.75 Å². The van der Waals surface area contributed by atoms with Crippen molar-refractivity contribution >= 4 is 15.9 Å². The molecule has 3 heteroatoms. The lowest BCUT2D eigenvalue weighted by molar-refractivity contribution is 0.0568. The summed E-state index contributed by atoms with van der Waals surface area (Å²) in [7, 11) is 0. The molecule has 1 atom stereocenters. The summed E-state index contributed by atoms with van der Waals surface area (Å²) < 4.78 is 0.897. The third-order valence-electron chi connectivity index (χ3n) is 2.94. The van der Waals surface area contributed by atoms with Crippen molar-refractivity contribution in [3.8, 4) is 5.75 Å². The summed E-state index contributed by atoms with van der Waals surface area (Å²) in [5.74, 6) is 0.235. The van der Waals surface area contributed by atoms with E-state index in [2.05, 4.69) is 15.9 Å². The molecule has 2 aromatic carbocycles. The average molecular weight is 307 g/mol. The van der Waals surface area contributed by atoms with Crippen molar-refractivity contribution in [1.29, 1.82) is 0 Å². The smallest absolute Gasteiger partial charge is 0.115 e. The molecule has 0 aliphatic heterocycles. The molecule has 0 aliphatic carbocycles. The molecule has 0 saturated heterocycles. The number of benzene rings is 2. The summed E-state index contributed by atoms with van der Waals surface area (Å²) in [6.07, 6.45) is 0.496. The Bertz CT molecular complexity index is 532. The molecular weight excluding hydrogens is 292 g/mol. The van der Waals surface area contributed by atoms with E-state index in [0.717, 1.165) is 15.6 Å². The number of rotatable bonds is 3. The highest BCUT2D eigenvalue weighted by atomic mass is 79.9. The summed E-state index contributed by atoms with van der Waals surface area (Å²) in [5, 5.41) is 19.8. The minimum atomic E-state index is -0.947. The van der Waals surface area contributed by atoms with Gasteiger partial charge < -0.3 is 10.2 Å². The van der Waals surface area contributed by atoms with Crippen molar-refractivity contribution in [3.63, 3.8) is 0 Å². The molecule has 18 heavy (non-hydrogen) atoms.